The van der Waals surface area contributed by atoms with Gasteiger partial charge in [0.2, 0.25) is 5.76 Å². The van der Waals surface area contributed by atoms with Gasteiger partial charge in [-0.3, -0.25) is 9.59 Å². The van der Waals surface area contributed by atoms with Crippen molar-refractivity contribution >= 4 is 54.2 Å². The molecule has 9 heteroatoms. The predicted molar refractivity (Wildman–Crippen MR) is 117 cm³/mol. The fourth-order valence-electron chi connectivity index (χ4n) is 4.31. The molecule has 1 amide bonds. The molecular formula is C21H15BrClNO5S. The third-order valence-corrected chi connectivity index (χ3v) is 8.17. The predicted octanol–water partition coefficient (Wildman–Crippen LogP) is 3.94. The number of rotatable bonds is 2. The summed E-state index contributed by atoms with van der Waals surface area (Å²) in [4.78, 5) is 28.3. The van der Waals surface area contributed by atoms with E-state index in [2.05, 4.69) is 15.9 Å². The summed E-state index contributed by atoms with van der Waals surface area (Å²) in [7, 11) is -3.24. The molecule has 1 fully saturated rings. The summed E-state index contributed by atoms with van der Waals surface area (Å²) in [5, 5.41) is 0.676. The summed E-state index contributed by atoms with van der Waals surface area (Å²) in [6.45, 7) is 0. The van der Waals surface area contributed by atoms with Crippen LogP contribution in [-0.4, -0.2) is 36.8 Å². The number of nitrogens with zero attached hydrogens (tertiary/aromatic N) is 1. The highest BCUT2D eigenvalue weighted by molar-refractivity contribution is 9.10. The van der Waals surface area contributed by atoms with Crippen LogP contribution in [-0.2, 0) is 9.84 Å². The highest BCUT2D eigenvalue weighted by atomic mass is 79.9. The lowest BCUT2D eigenvalue weighted by molar-refractivity contribution is 0.0662. The maximum absolute atomic E-state index is 13.4. The van der Waals surface area contributed by atoms with E-state index in [1.54, 1.807) is 12.1 Å². The van der Waals surface area contributed by atoms with E-state index in [4.69, 9.17) is 16.0 Å². The van der Waals surface area contributed by atoms with Gasteiger partial charge in [0, 0.05) is 15.5 Å². The fraction of sp³-hybridized carbons (Fsp3) is 0.238. The monoisotopic (exact) mass is 507 g/mol. The van der Waals surface area contributed by atoms with Gasteiger partial charge >= 0.3 is 0 Å². The molecule has 0 bridgehead atoms. The molecule has 2 aromatic carbocycles. The molecule has 0 radical (unpaired) electrons. The number of sulfone groups is 1. The normalized spacial score (nSPS) is 22.6. The molecule has 0 aliphatic carbocycles. The van der Waals surface area contributed by atoms with Gasteiger partial charge in [-0.15, -0.1) is 0 Å². The molecule has 1 saturated heterocycles. The number of benzene rings is 2. The van der Waals surface area contributed by atoms with Crippen LogP contribution in [0.5, 0.6) is 0 Å². The highest BCUT2D eigenvalue weighted by Gasteiger charge is 2.48. The van der Waals surface area contributed by atoms with Gasteiger partial charge in [0.25, 0.3) is 5.91 Å². The van der Waals surface area contributed by atoms with E-state index in [1.807, 2.05) is 24.3 Å². The Morgan fingerprint density at radius 2 is 1.83 bits per heavy atom. The lowest BCUT2D eigenvalue weighted by Crippen LogP contribution is -2.40. The van der Waals surface area contributed by atoms with E-state index in [1.165, 1.54) is 11.0 Å². The molecule has 1 aromatic heterocycles. The average molecular weight is 509 g/mol. The van der Waals surface area contributed by atoms with Gasteiger partial charge in [0.15, 0.2) is 15.3 Å². The van der Waals surface area contributed by atoms with Gasteiger partial charge in [0.05, 0.1) is 28.5 Å². The van der Waals surface area contributed by atoms with Crippen LogP contribution in [0, 0.1) is 0 Å². The SMILES string of the molecule is O=C1c2oc3ccc(Cl)cc3c(=O)c2[C@H](c2ccc(Br)cc2)N1[C@H]1CCS(=O)(=O)C1. The Morgan fingerprint density at radius 1 is 1.10 bits per heavy atom. The molecule has 0 unspecified atom stereocenters. The third kappa shape index (κ3) is 3.09. The first-order valence-electron chi connectivity index (χ1n) is 9.30. The van der Waals surface area contributed by atoms with Crippen LogP contribution in [0.3, 0.4) is 0 Å². The van der Waals surface area contributed by atoms with Crippen LogP contribution in [0.25, 0.3) is 11.0 Å². The molecular weight excluding hydrogens is 494 g/mol. The van der Waals surface area contributed by atoms with Crippen molar-refractivity contribution in [3.8, 4) is 0 Å². The Bertz CT molecular complexity index is 1370. The number of carbonyl (C=O) groups is 1. The van der Waals surface area contributed by atoms with Crippen molar-refractivity contribution in [1.82, 2.24) is 4.90 Å². The van der Waals surface area contributed by atoms with Crippen molar-refractivity contribution in [2.24, 2.45) is 0 Å². The smallest absolute Gasteiger partial charge is 0.291 e. The van der Waals surface area contributed by atoms with E-state index in [0.717, 1.165) is 4.47 Å². The van der Waals surface area contributed by atoms with Crippen molar-refractivity contribution in [1.29, 1.82) is 0 Å². The zero-order chi connectivity index (χ0) is 21.2. The molecule has 2 aliphatic rings. The number of hydrogen-bond acceptors (Lipinski definition) is 5. The third-order valence-electron chi connectivity index (χ3n) is 5.66. The molecule has 0 N–H and O–H groups in total. The van der Waals surface area contributed by atoms with E-state index < -0.39 is 27.8 Å². The maximum Gasteiger partial charge on any atom is 0.291 e. The second kappa shape index (κ2) is 6.93. The minimum absolute atomic E-state index is 0.0177. The Balaban J connectivity index is 1.77. The van der Waals surface area contributed by atoms with E-state index in [9.17, 15) is 18.0 Å². The lowest BCUT2D eigenvalue weighted by Gasteiger charge is -2.30. The molecule has 5 rings (SSSR count). The number of halogens is 2. The van der Waals surface area contributed by atoms with Crippen LogP contribution in [0.1, 0.15) is 34.1 Å². The van der Waals surface area contributed by atoms with Crippen molar-refractivity contribution in [3.05, 3.63) is 79.1 Å². The van der Waals surface area contributed by atoms with Crippen LogP contribution in [0.15, 0.2) is 56.1 Å². The molecule has 30 heavy (non-hydrogen) atoms. The zero-order valence-electron chi connectivity index (χ0n) is 15.5. The number of amides is 1. The molecule has 0 saturated carbocycles. The lowest BCUT2D eigenvalue weighted by atomic mass is 9.97. The van der Waals surface area contributed by atoms with Crippen LogP contribution < -0.4 is 5.43 Å². The minimum Gasteiger partial charge on any atom is -0.450 e. The molecule has 3 heterocycles. The van der Waals surface area contributed by atoms with Gasteiger partial charge in [-0.05, 0) is 42.3 Å². The summed E-state index contributed by atoms with van der Waals surface area (Å²) in [6, 6.07) is 10.7. The highest BCUT2D eigenvalue weighted by Crippen LogP contribution is 2.41. The van der Waals surface area contributed by atoms with Crippen LogP contribution in [0.2, 0.25) is 5.02 Å². The second-order valence-electron chi connectivity index (χ2n) is 7.54. The van der Waals surface area contributed by atoms with Crippen molar-refractivity contribution in [2.75, 3.05) is 11.5 Å². The summed E-state index contributed by atoms with van der Waals surface area (Å²) in [5.74, 6) is -0.607. The standard InChI is InChI=1S/C21H15BrClNO5S/c22-12-3-1-11(2-4-12)18-17-19(25)15-9-13(23)5-6-16(15)29-20(17)21(26)24(18)14-7-8-30(27,28)10-14/h1-6,9,14,18H,7-8,10H2/t14-,18-/m0/s1. The maximum atomic E-state index is 13.4. The van der Waals surface area contributed by atoms with Gasteiger partial charge in [-0.2, -0.15) is 0 Å². The molecule has 3 aromatic rings. The first-order chi connectivity index (χ1) is 14.2. The van der Waals surface area contributed by atoms with Gasteiger partial charge in [-0.25, -0.2) is 8.42 Å². The number of carbonyl (C=O) groups excluding carboxylic acids is 1. The summed E-state index contributed by atoms with van der Waals surface area (Å²) >= 11 is 9.47. The topological polar surface area (TPSA) is 84.7 Å². The Kier molecular flexibility index (Phi) is 4.57. The number of hydrogen-bond donors (Lipinski definition) is 0. The van der Waals surface area contributed by atoms with E-state index in [0.29, 0.717) is 17.0 Å². The quantitative estimate of drug-likeness (QED) is 0.523. The summed E-state index contributed by atoms with van der Waals surface area (Å²) in [5.41, 5.74) is 0.870. The molecule has 2 aliphatic heterocycles. The average Bonchev–Trinajstić information content (AvgIpc) is 3.20. The molecule has 154 valence electrons. The van der Waals surface area contributed by atoms with Crippen LogP contribution in [0.4, 0.5) is 0 Å². The van der Waals surface area contributed by atoms with Crippen molar-refractivity contribution in [3.63, 3.8) is 0 Å². The summed E-state index contributed by atoms with van der Waals surface area (Å²) in [6.07, 6.45) is 0.328. The van der Waals surface area contributed by atoms with Crippen molar-refractivity contribution in [2.45, 2.75) is 18.5 Å². The fourth-order valence-corrected chi connectivity index (χ4v) is 6.45. The zero-order valence-corrected chi connectivity index (χ0v) is 18.6. The van der Waals surface area contributed by atoms with Gasteiger partial charge in [-0.1, -0.05) is 39.7 Å². The van der Waals surface area contributed by atoms with Crippen LogP contribution >= 0.6 is 27.5 Å². The Hall–Kier alpha value is -2.16. The first kappa shape index (κ1) is 19.8. The summed E-state index contributed by atoms with van der Waals surface area (Å²) < 4.78 is 30.9. The molecule has 2 atom stereocenters. The van der Waals surface area contributed by atoms with Gasteiger partial charge < -0.3 is 9.32 Å². The first-order valence-corrected chi connectivity index (χ1v) is 12.3. The number of fused-ring (bicyclic) bond motifs is 2. The van der Waals surface area contributed by atoms with Crippen molar-refractivity contribution < 1.29 is 17.6 Å². The van der Waals surface area contributed by atoms with E-state index >= 15 is 0 Å². The second-order valence-corrected chi connectivity index (χ2v) is 11.1. The van der Waals surface area contributed by atoms with Gasteiger partial charge in [0.1, 0.15) is 5.58 Å². The van der Waals surface area contributed by atoms with E-state index in [-0.39, 0.29) is 39.2 Å². The molecule has 0 spiro atoms. The Morgan fingerprint density at radius 3 is 2.50 bits per heavy atom. The Labute approximate surface area is 185 Å². The molecule has 6 nitrogen and oxygen atoms in total. The largest absolute Gasteiger partial charge is 0.450 e. The minimum atomic E-state index is -3.24.